The molecule has 15 heteroatoms. The van der Waals surface area contributed by atoms with Crippen molar-refractivity contribution in [2.45, 2.75) is 55.3 Å². The number of methoxy groups -OCH3 is 1. The average Bonchev–Trinajstić information content (AvgIpc) is 2.93. The van der Waals surface area contributed by atoms with Gasteiger partial charge in [-0.25, -0.2) is 0 Å². The molecule has 0 spiro atoms. The van der Waals surface area contributed by atoms with E-state index in [9.17, 15) is 45.6 Å². The van der Waals surface area contributed by atoms with Gasteiger partial charge in [-0.3, -0.25) is 4.79 Å². The largest absolute Gasteiger partial charge is 0.507 e. The molecule has 2 aromatic carbocycles. The second-order valence-electron chi connectivity index (χ2n) is 9.45. The molecule has 2 fully saturated rings. The van der Waals surface area contributed by atoms with E-state index in [0.29, 0.717) is 0 Å². The van der Waals surface area contributed by atoms with E-state index in [0.717, 1.165) is 6.07 Å². The first kappa shape index (κ1) is 28.3. The predicted molar refractivity (Wildman–Crippen MR) is 131 cm³/mol. The Bertz CT molecular complexity index is 1440. The van der Waals surface area contributed by atoms with E-state index in [1.165, 1.54) is 25.3 Å². The molecule has 3 heterocycles. The molecular weight excluding hydrogens is 540 g/mol. The molecule has 0 saturated carbocycles. The van der Waals surface area contributed by atoms with Gasteiger partial charge in [-0.15, -0.1) is 0 Å². The maximum atomic E-state index is 13.4. The lowest BCUT2D eigenvalue weighted by Crippen LogP contribution is -2.61. The lowest BCUT2D eigenvalue weighted by molar-refractivity contribution is -0.307. The molecule has 0 aliphatic carbocycles. The molecule has 0 radical (unpaired) electrons. The Morgan fingerprint density at radius 2 is 1.57 bits per heavy atom. The van der Waals surface area contributed by atoms with Crippen molar-refractivity contribution in [2.24, 2.45) is 0 Å². The van der Waals surface area contributed by atoms with Crippen LogP contribution in [0.2, 0.25) is 0 Å². The summed E-state index contributed by atoms with van der Waals surface area (Å²) in [6.07, 6.45) is -14.5. The molecule has 218 valence electrons. The van der Waals surface area contributed by atoms with Crippen LogP contribution < -0.4 is 14.9 Å². The van der Waals surface area contributed by atoms with Crippen molar-refractivity contribution in [1.29, 1.82) is 0 Å². The molecule has 5 rings (SSSR count). The molecule has 2 aliphatic rings. The predicted octanol–water partition coefficient (Wildman–Crippen LogP) is -1.99. The average molecular weight is 568 g/mol. The highest BCUT2D eigenvalue weighted by Crippen LogP contribution is 2.39. The molecule has 2 saturated heterocycles. The molecule has 9 atom stereocenters. The van der Waals surface area contributed by atoms with Gasteiger partial charge in [0.1, 0.15) is 76.2 Å². The summed E-state index contributed by atoms with van der Waals surface area (Å²) in [5, 5.41) is 81.3. The molecule has 0 unspecified atom stereocenters. The zero-order chi connectivity index (χ0) is 28.9. The van der Waals surface area contributed by atoms with Crippen molar-refractivity contribution >= 4 is 21.9 Å². The summed E-state index contributed by atoms with van der Waals surface area (Å²) in [4.78, 5) is 13.4. The molecule has 40 heavy (non-hydrogen) atoms. The summed E-state index contributed by atoms with van der Waals surface area (Å²) in [6.45, 7) is -0.886. The minimum absolute atomic E-state index is 0.0135. The molecule has 3 aromatic rings. The topological polar surface area (TPSA) is 238 Å². The third-order valence-corrected chi connectivity index (χ3v) is 6.84. The van der Waals surface area contributed by atoms with Gasteiger partial charge < -0.3 is 69.0 Å². The van der Waals surface area contributed by atoms with Crippen LogP contribution in [0.4, 0.5) is 0 Å². The zero-order valence-corrected chi connectivity index (χ0v) is 20.9. The van der Waals surface area contributed by atoms with Gasteiger partial charge in [-0.05, 0) is 12.1 Å². The van der Waals surface area contributed by atoms with Gasteiger partial charge in [0.2, 0.25) is 11.7 Å². The lowest BCUT2D eigenvalue weighted by atomic mass is 9.99. The van der Waals surface area contributed by atoms with Crippen LogP contribution in [-0.4, -0.2) is 116 Å². The van der Waals surface area contributed by atoms with E-state index in [4.69, 9.17) is 28.1 Å². The summed E-state index contributed by atoms with van der Waals surface area (Å²) in [5.74, 6) is -1.31. The SMILES string of the molecule is COc1cc(O)c2c(=O)c3c(O[C@@H]4O[C@H](CO[C@@H]5OC[C@@H](O)[C@H](O)[C@@H]5O)[C@@H](O)[C@H](O)[C@H]4O)c(O)ccc3oc2c1. The van der Waals surface area contributed by atoms with Gasteiger partial charge in [0, 0.05) is 12.1 Å². The summed E-state index contributed by atoms with van der Waals surface area (Å²) in [7, 11) is 1.36. The third-order valence-electron chi connectivity index (χ3n) is 6.84. The number of phenols is 2. The Morgan fingerprint density at radius 1 is 0.850 bits per heavy atom. The third kappa shape index (κ3) is 4.91. The van der Waals surface area contributed by atoms with Crippen molar-refractivity contribution in [1.82, 2.24) is 0 Å². The van der Waals surface area contributed by atoms with Crippen molar-refractivity contribution in [2.75, 3.05) is 20.3 Å². The summed E-state index contributed by atoms with van der Waals surface area (Å²) in [6, 6.07) is 5.00. The highest BCUT2D eigenvalue weighted by Gasteiger charge is 2.47. The van der Waals surface area contributed by atoms with Crippen molar-refractivity contribution in [3.05, 3.63) is 34.5 Å². The van der Waals surface area contributed by atoms with Gasteiger partial charge >= 0.3 is 0 Å². The van der Waals surface area contributed by atoms with Crippen LogP contribution in [0.5, 0.6) is 23.0 Å². The van der Waals surface area contributed by atoms with Gasteiger partial charge in [0.25, 0.3) is 0 Å². The number of ether oxygens (including phenoxy) is 5. The van der Waals surface area contributed by atoms with E-state index in [1.807, 2.05) is 0 Å². The number of hydrogen-bond acceptors (Lipinski definition) is 15. The fraction of sp³-hybridized carbons (Fsp3) is 0.480. The Kier molecular flexibility index (Phi) is 7.75. The van der Waals surface area contributed by atoms with Crippen LogP contribution >= 0.6 is 0 Å². The Morgan fingerprint density at radius 3 is 2.30 bits per heavy atom. The minimum atomic E-state index is -1.88. The van der Waals surface area contributed by atoms with Crippen LogP contribution in [0.15, 0.2) is 33.5 Å². The van der Waals surface area contributed by atoms with Crippen LogP contribution in [-0.2, 0) is 14.2 Å². The monoisotopic (exact) mass is 568 g/mol. The zero-order valence-electron chi connectivity index (χ0n) is 20.9. The Labute approximate surface area is 224 Å². The van der Waals surface area contributed by atoms with E-state index >= 15 is 0 Å². The fourth-order valence-electron chi connectivity index (χ4n) is 4.60. The number of aromatic hydroxyl groups is 2. The van der Waals surface area contributed by atoms with Crippen molar-refractivity contribution < 1.29 is 69.0 Å². The summed E-state index contributed by atoms with van der Waals surface area (Å²) < 4.78 is 32.6. The van der Waals surface area contributed by atoms with Gasteiger partial charge in [0.15, 0.2) is 17.8 Å². The molecule has 15 nitrogen and oxygen atoms in total. The number of hydrogen-bond donors (Lipinski definition) is 8. The number of aliphatic hydroxyl groups excluding tert-OH is 6. The molecule has 2 aliphatic heterocycles. The van der Waals surface area contributed by atoms with Gasteiger partial charge in [-0.1, -0.05) is 0 Å². The first-order chi connectivity index (χ1) is 19.0. The van der Waals surface area contributed by atoms with E-state index in [-0.39, 0.29) is 34.3 Å². The second-order valence-corrected chi connectivity index (χ2v) is 9.45. The fourth-order valence-corrected chi connectivity index (χ4v) is 4.60. The summed E-state index contributed by atoms with van der Waals surface area (Å²) in [5.41, 5.74) is -0.870. The van der Waals surface area contributed by atoms with Crippen LogP contribution in [0, 0.1) is 0 Å². The molecule has 0 bridgehead atoms. The van der Waals surface area contributed by atoms with Crippen molar-refractivity contribution in [3.8, 4) is 23.0 Å². The smallest absolute Gasteiger partial charge is 0.229 e. The van der Waals surface area contributed by atoms with E-state index < -0.39 is 84.6 Å². The standard InChI is InChI=1S/C25H28O15/c1-35-8-4-10(27)15-13(5-8)38-12-3-2-9(26)23(16(12)19(15)31)40-25-22(34)20(32)18(30)14(39-25)7-37-24-21(33)17(29)11(28)6-36-24/h2-5,11,14,17-18,20-22,24-30,32-34H,6-7H2,1H3/t11-,14-,17+,18-,20+,21+,22-,24+,25+/m1/s1. The molecule has 0 amide bonds. The van der Waals surface area contributed by atoms with Crippen LogP contribution in [0.3, 0.4) is 0 Å². The quantitative estimate of drug-likeness (QED) is 0.150. The molecule has 8 N–H and O–H groups in total. The van der Waals surface area contributed by atoms with E-state index in [1.54, 1.807) is 0 Å². The second kappa shape index (κ2) is 11.0. The maximum Gasteiger partial charge on any atom is 0.229 e. The Hall–Kier alpha value is -3.25. The normalized spacial score (nSPS) is 32.8. The van der Waals surface area contributed by atoms with Crippen LogP contribution in [0.1, 0.15) is 0 Å². The van der Waals surface area contributed by atoms with Gasteiger partial charge in [-0.2, -0.15) is 0 Å². The minimum Gasteiger partial charge on any atom is -0.507 e. The van der Waals surface area contributed by atoms with Crippen molar-refractivity contribution in [3.63, 3.8) is 0 Å². The highest BCUT2D eigenvalue weighted by atomic mass is 16.7. The van der Waals surface area contributed by atoms with Gasteiger partial charge in [0.05, 0.1) is 20.3 Å². The maximum absolute atomic E-state index is 13.4. The first-order valence-electron chi connectivity index (χ1n) is 12.1. The molecular formula is C25H28O15. The Balaban J connectivity index is 1.44. The molecule has 1 aromatic heterocycles. The first-order valence-corrected chi connectivity index (χ1v) is 12.1. The number of aliphatic hydroxyl groups is 6. The lowest BCUT2D eigenvalue weighted by Gasteiger charge is -2.41. The summed E-state index contributed by atoms with van der Waals surface area (Å²) >= 11 is 0. The van der Waals surface area contributed by atoms with E-state index in [2.05, 4.69) is 0 Å². The van der Waals surface area contributed by atoms with Crippen LogP contribution in [0.25, 0.3) is 21.9 Å². The number of benzene rings is 2. The highest BCUT2D eigenvalue weighted by molar-refractivity contribution is 5.97. The number of rotatable bonds is 6. The number of fused-ring (bicyclic) bond motifs is 2. The number of phenolic OH excluding ortho intramolecular Hbond substituents is 2.